The second kappa shape index (κ2) is 7.11. The maximum Gasteiger partial charge on any atom is 0.449 e. The Kier molecular flexibility index (Phi) is 4.85. The summed E-state index contributed by atoms with van der Waals surface area (Å²) in [6, 6.07) is 19.9. The second-order valence-electron chi connectivity index (χ2n) is 5.96. The fourth-order valence-electron chi connectivity index (χ4n) is 2.67. The highest BCUT2D eigenvalue weighted by atomic mass is 19.4. The van der Waals surface area contributed by atoms with Crippen molar-refractivity contribution in [2.75, 3.05) is 11.9 Å². The lowest BCUT2D eigenvalue weighted by Gasteiger charge is -2.20. The van der Waals surface area contributed by atoms with E-state index < -0.39 is 17.5 Å². The normalized spacial score (nSPS) is 11.3. The van der Waals surface area contributed by atoms with E-state index in [0.29, 0.717) is 15.7 Å². The minimum absolute atomic E-state index is 0.401. The molecule has 0 saturated carbocycles. The van der Waals surface area contributed by atoms with E-state index in [1.54, 1.807) is 18.2 Å². The number of pyridine rings is 1. The average molecular weight is 370 g/mol. The lowest BCUT2D eigenvalue weighted by atomic mass is 10.1. The predicted molar refractivity (Wildman–Crippen MR) is 99.4 cm³/mol. The maximum absolute atomic E-state index is 12.8. The van der Waals surface area contributed by atoms with E-state index in [1.165, 1.54) is 6.07 Å². The van der Waals surface area contributed by atoms with Crippen molar-refractivity contribution in [2.45, 2.75) is 6.18 Å². The first-order valence-corrected chi connectivity index (χ1v) is 8.10. The summed E-state index contributed by atoms with van der Waals surface area (Å²) in [6.45, 7) is 0. The summed E-state index contributed by atoms with van der Waals surface area (Å²) < 4.78 is 39.0. The number of benzene rings is 2. The molecule has 3 rings (SSSR count). The SMILES string of the molecule is CN(c1ccccc1)c1ccc(-c2ccc(=N)n(C(=N)C(F)(F)F)c2)cc1. The maximum atomic E-state index is 12.8. The average Bonchev–Trinajstić information content (AvgIpc) is 2.67. The van der Waals surface area contributed by atoms with Crippen LogP contribution in [0.1, 0.15) is 0 Å². The molecule has 0 atom stereocenters. The first-order chi connectivity index (χ1) is 12.8. The summed E-state index contributed by atoms with van der Waals surface area (Å²) in [5.41, 5.74) is 2.73. The Bertz CT molecular complexity index is 1010. The summed E-state index contributed by atoms with van der Waals surface area (Å²) in [5, 5.41) is 14.9. The van der Waals surface area contributed by atoms with Gasteiger partial charge in [0, 0.05) is 24.6 Å². The number of alkyl halides is 3. The van der Waals surface area contributed by atoms with Crippen LogP contribution in [-0.4, -0.2) is 23.6 Å². The number of nitrogens with one attached hydrogen (secondary N) is 2. The third kappa shape index (κ3) is 3.92. The van der Waals surface area contributed by atoms with Gasteiger partial charge in [0.25, 0.3) is 0 Å². The summed E-state index contributed by atoms with van der Waals surface area (Å²) in [5.74, 6) is -1.59. The molecule has 0 aliphatic rings. The molecular formula is C20H17F3N4. The van der Waals surface area contributed by atoms with Crippen molar-refractivity contribution >= 4 is 17.2 Å². The van der Waals surface area contributed by atoms with E-state index in [-0.39, 0.29) is 0 Å². The standard InChI is InChI=1S/C20H17F3N4/c1-26(16-5-3-2-4-6-16)17-10-7-14(8-11-17)15-9-12-18(24)27(13-15)19(25)20(21,22)23/h2-13,24-25H,1H3. The van der Waals surface area contributed by atoms with E-state index in [0.717, 1.165) is 17.6 Å². The van der Waals surface area contributed by atoms with Crippen molar-refractivity contribution in [3.05, 3.63) is 78.4 Å². The van der Waals surface area contributed by atoms with Gasteiger partial charge in [-0.2, -0.15) is 13.2 Å². The number of para-hydroxylation sites is 1. The van der Waals surface area contributed by atoms with Crippen LogP contribution in [0.2, 0.25) is 0 Å². The number of halogens is 3. The highest BCUT2D eigenvalue weighted by Crippen LogP contribution is 2.27. The number of anilines is 2. The van der Waals surface area contributed by atoms with E-state index in [9.17, 15) is 13.2 Å². The van der Waals surface area contributed by atoms with Crippen LogP contribution in [0.3, 0.4) is 0 Å². The molecule has 0 aliphatic carbocycles. The Labute approximate surface area is 154 Å². The van der Waals surface area contributed by atoms with E-state index in [2.05, 4.69) is 0 Å². The molecule has 1 heterocycles. The van der Waals surface area contributed by atoms with Gasteiger partial charge in [0.05, 0.1) is 0 Å². The van der Waals surface area contributed by atoms with Crippen molar-refractivity contribution in [2.24, 2.45) is 0 Å². The van der Waals surface area contributed by atoms with Gasteiger partial charge in [-0.25, -0.2) is 0 Å². The van der Waals surface area contributed by atoms with Gasteiger partial charge in [-0.3, -0.25) is 15.4 Å². The topological polar surface area (TPSA) is 55.9 Å². The van der Waals surface area contributed by atoms with Crippen molar-refractivity contribution in [3.63, 3.8) is 0 Å². The minimum atomic E-state index is -4.82. The third-order valence-corrected chi connectivity index (χ3v) is 4.19. The van der Waals surface area contributed by atoms with Crippen molar-refractivity contribution in [1.82, 2.24) is 4.57 Å². The van der Waals surface area contributed by atoms with E-state index >= 15 is 0 Å². The van der Waals surface area contributed by atoms with Gasteiger partial charge in [0.2, 0.25) is 5.84 Å². The lowest BCUT2D eigenvalue weighted by molar-refractivity contribution is -0.0626. The molecule has 0 unspecified atom stereocenters. The van der Waals surface area contributed by atoms with Gasteiger partial charge in [-0.1, -0.05) is 30.3 Å². The number of nitrogens with zero attached hydrogens (tertiary/aromatic N) is 2. The molecule has 138 valence electrons. The van der Waals surface area contributed by atoms with Crippen LogP contribution >= 0.6 is 0 Å². The van der Waals surface area contributed by atoms with Crippen LogP contribution in [0, 0.1) is 10.8 Å². The molecule has 0 bridgehead atoms. The van der Waals surface area contributed by atoms with Crippen LogP contribution in [0.5, 0.6) is 0 Å². The highest BCUT2D eigenvalue weighted by molar-refractivity contribution is 5.87. The van der Waals surface area contributed by atoms with Crippen LogP contribution < -0.4 is 10.4 Å². The molecule has 0 spiro atoms. The molecule has 1 aromatic heterocycles. The van der Waals surface area contributed by atoms with Gasteiger partial charge in [-0.05, 0) is 47.5 Å². The quantitative estimate of drug-likeness (QED) is 0.505. The van der Waals surface area contributed by atoms with Gasteiger partial charge in [0.15, 0.2) is 0 Å². The van der Waals surface area contributed by atoms with Gasteiger partial charge in [-0.15, -0.1) is 0 Å². The molecular weight excluding hydrogens is 353 g/mol. The number of rotatable bonds is 3. The molecule has 0 saturated heterocycles. The molecule has 3 aromatic rings. The molecule has 4 nitrogen and oxygen atoms in total. The van der Waals surface area contributed by atoms with Crippen molar-refractivity contribution in [1.29, 1.82) is 10.8 Å². The largest absolute Gasteiger partial charge is 0.449 e. The Morgan fingerprint density at radius 2 is 1.41 bits per heavy atom. The highest BCUT2D eigenvalue weighted by Gasteiger charge is 2.36. The summed E-state index contributed by atoms with van der Waals surface area (Å²) in [4.78, 5) is 2.00. The molecule has 2 N–H and O–H groups in total. The monoisotopic (exact) mass is 370 g/mol. The van der Waals surface area contributed by atoms with Crippen LogP contribution in [-0.2, 0) is 0 Å². The van der Waals surface area contributed by atoms with Crippen LogP contribution in [0.15, 0.2) is 72.9 Å². The molecule has 0 radical (unpaired) electrons. The van der Waals surface area contributed by atoms with E-state index in [4.69, 9.17) is 10.8 Å². The van der Waals surface area contributed by atoms with Crippen molar-refractivity contribution < 1.29 is 13.2 Å². The Hall–Kier alpha value is -3.35. The third-order valence-electron chi connectivity index (χ3n) is 4.19. The molecule has 0 aliphatic heterocycles. The van der Waals surface area contributed by atoms with Gasteiger partial charge in [0.1, 0.15) is 5.49 Å². The Morgan fingerprint density at radius 1 is 0.852 bits per heavy atom. The zero-order valence-electron chi connectivity index (χ0n) is 14.5. The summed E-state index contributed by atoms with van der Waals surface area (Å²) in [6.07, 6.45) is -3.66. The fraction of sp³-hybridized carbons (Fsp3) is 0.100. The molecule has 7 heteroatoms. The predicted octanol–water partition coefficient (Wildman–Crippen LogP) is 4.79. The van der Waals surface area contributed by atoms with Gasteiger partial charge < -0.3 is 4.90 Å². The second-order valence-corrected chi connectivity index (χ2v) is 5.96. The Balaban J connectivity index is 1.92. The van der Waals surface area contributed by atoms with Crippen LogP contribution in [0.25, 0.3) is 11.1 Å². The summed E-state index contributed by atoms with van der Waals surface area (Å²) in [7, 11) is 1.93. The number of hydrogen-bond acceptors (Lipinski definition) is 3. The van der Waals surface area contributed by atoms with Gasteiger partial charge >= 0.3 is 6.18 Å². The fourth-order valence-corrected chi connectivity index (χ4v) is 2.67. The molecule has 0 amide bonds. The Morgan fingerprint density at radius 3 is 2.00 bits per heavy atom. The van der Waals surface area contributed by atoms with E-state index in [1.807, 2.05) is 54.4 Å². The number of aromatic nitrogens is 1. The van der Waals surface area contributed by atoms with Crippen molar-refractivity contribution in [3.8, 4) is 11.1 Å². The molecule has 0 fully saturated rings. The first kappa shape index (κ1) is 18.4. The first-order valence-electron chi connectivity index (χ1n) is 8.10. The number of hydrogen-bond donors (Lipinski definition) is 2. The van der Waals surface area contributed by atoms with Crippen LogP contribution in [0.4, 0.5) is 24.5 Å². The molecule has 27 heavy (non-hydrogen) atoms. The smallest absolute Gasteiger partial charge is 0.345 e. The zero-order valence-corrected chi connectivity index (χ0v) is 14.5. The summed E-state index contributed by atoms with van der Waals surface area (Å²) >= 11 is 0. The zero-order chi connectivity index (χ0) is 19.6. The minimum Gasteiger partial charge on any atom is -0.345 e. The molecule has 2 aromatic carbocycles. The lowest BCUT2D eigenvalue weighted by Crippen LogP contribution is -2.36.